The number of nitrogens with one attached hydrogen (secondary N) is 2. The third-order valence-corrected chi connectivity index (χ3v) is 4.79. The Morgan fingerprint density at radius 3 is 3.06 bits per heavy atom. The second-order valence-electron chi connectivity index (χ2n) is 4.44. The third kappa shape index (κ3) is 3.06. The molecule has 17 heavy (non-hydrogen) atoms. The van der Waals surface area contributed by atoms with Gasteiger partial charge in [-0.2, -0.15) is 11.8 Å². The van der Waals surface area contributed by atoms with Gasteiger partial charge in [-0.1, -0.05) is 6.42 Å². The van der Waals surface area contributed by atoms with Gasteiger partial charge in [0.05, 0.1) is 19.2 Å². The number of methoxy groups -OCH3 is 1. The van der Waals surface area contributed by atoms with Crippen molar-refractivity contribution in [2.24, 2.45) is 0 Å². The number of hydrogen-bond donors (Lipinski definition) is 2. The Morgan fingerprint density at radius 1 is 1.47 bits per heavy atom. The Labute approximate surface area is 105 Å². The minimum Gasteiger partial charge on any atom is -0.469 e. The molecule has 0 aromatic rings. The summed E-state index contributed by atoms with van der Waals surface area (Å²) in [5.74, 6) is 0.850. The largest absolute Gasteiger partial charge is 0.469 e. The number of esters is 1. The molecule has 0 saturated carbocycles. The maximum atomic E-state index is 11.2. The number of amides is 2. The molecule has 2 heterocycles. The number of fused-ring (bicyclic) bond motifs is 1. The number of thioether (sulfide) groups is 1. The van der Waals surface area contributed by atoms with Crippen LogP contribution in [0.15, 0.2) is 0 Å². The second-order valence-corrected chi connectivity index (χ2v) is 5.72. The minimum absolute atomic E-state index is 0.0418. The number of hydrogen-bond acceptors (Lipinski definition) is 4. The summed E-state index contributed by atoms with van der Waals surface area (Å²) in [6.07, 6.45) is 3.41. The SMILES string of the molecule is COC(=O)CCCCC1SC[C@H]2NC(=O)N[C@@H]12. The van der Waals surface area contributed by atoms with Crippen molar-refractivity contribution in [1.29, 1.82) is 0 Å². The van der Waals surface area contributed by atoms with E-state index in [2.05, 4.69) is 15.4 Å². The number of carbonyl (C=O) groups is 2. The Balaban J connectivity index is 1.66. The van der Waals surface area contributed by atoms with Crippen molar-refractivity contribution in [2.75, 3.05) is 12.9 Å². The molecule has 0 aliphatic carbocycles. The van der Waals surface area contributed by atoms with Crippen molar-refractivity contribution in [3.05, 3.63) is 0 Å². The van der Waals surface area contributed by atoms with Crippen LogP contribution in [0.2, 0.25) is 0 Å². The summed E-state index contributed by atoms with van der Waals surface area (Å²) >= 11 is 1.91. The molecule has 2 aliphatic heterocycles. The van der Waals surface area contributed by atoms with Crippen LogP contribution in [0.1, 0.15) is 25.7 Å². The van der Waals surface area contributed by atoms with Crippen LogP contribution in [0.3, 0.4) is 0 Å². The first-order valence-corrected chi connectivity index (χ1v) is 7.01. The van der Waals surface area contributed by atoms with Gasteiger partial charge in [-0.3, -0.25) is 4.79 Å². The van der Waals surface area contributed by atoms with Crippen LogP contribution in [0, 0.1) is 0 Å². The molecule has 2 aliphatic rings. The number of unbranched alkanes of at least 4 members (excludes halogenated alkanes) is 1. The Kier molecular flexibility index (Phi) is 4.15. The highest BCUT2D eigenvalue weighted by Crippen LogP contribution is 2.33. The number of urea groups is 1. The molecule has 0 aromatic heterocycles. The molecular weight excluding hydrogens is 240 g/mol. The standard InChI is InChI=1S/C11H18N2O3S/c1-16-9(14)5-3-2-4-8-10-7(6-17-8)12-11(15)13-10/h7-8,10H,2-6H2,1H3,(H2,12,13,15)/t7-,8?,10-/m1/s1. The average Bonchev–Trinajstić information content (AvgIpc) is 2.84. The van der Waals surface area contributed by atoms with E-state index in [9.17, 15) is 9.59 Å². The summed E-state index contributed by atoms with van der Waals surface area (Å²) in [7, 11) is 1.42. The van der Waals surface area contributed by atoms with Gasteiger partial charge in [-0.25, -0.2) is 4.79 Å². The number of rotatable bonds is 5. The first kappa shape index (κ1) is 12.5. The van der Waals surface area contributed by atoms with Crippen LogP contribution in [-0.2, 0) is 9.53 Å². The maximum absolute atomic E-state index is 11.2. The molecule has 1 unspecified atom stereocenters. The molecular formula is C11H18N2O3S. The normalized spacial score (nSPS) is 30.6. The summed E-state index contributed by atoms with van der Waals surface area (Å²) in [4.78, 5) is 22.1. The van der Waals surface area contributed by atoms with Crippen molar-refractivity contribution in [1.82, 2.24) is 10.6 Å². The minimum atomic E-state index is -0.141. The van der Waals surface area contributed by atoms with Gasteiger partial charge in [-0.15, -0.1) is 0 Å². The summed E-state index contributed by atoms with van der Waals surface area (Å²) in [6, 6.07) is 0.517. The summed E-state index contributed by atoms with van der Waals surface area (Å²) in [5.41, 5.74) is 0. The predicted octanol–water partition coefficient (Wildman–Crippen LogP) is 0.885. The zero-order chi connectivity index (χ0) is 12.3. The topological polar surface area (TPSA) is 67.4 Å². The molecule has 2 N–H and O–H groups in total. The summed E-state index contributed by atoms with van der Waals surface area (Å²) < 4.78 is 4.59. The van der Waals surface area contributed by atoms with Crippen molar-refractivity contribution < 1.29 is 14.3 Å². The molecule has 0 radical (unpaired) electrons. The monoisotopic (exact) mass is 258 g/mol. The molecule has 2 saturated heterocycles. The van der Waals surface area contributed by atoms with Crippen molar-refractivity contribution in [3.63, 3.8) is 0 Å². The fourth-order valence-electron chi connectivity index (χ4n) is 2.36. The van der Waals surface area contributed by atoms with Gasteiger partial charge in [0.1, 0.15) is 0 Å². The van der Waals surface area contributed by atoms with E-state index < -0.39 is 0 Å². The van der Waals surface area contributed by atoms with Gasteiger partial charge in [0.15, 0.2) is 0 Å². The van der Waals surface area contributed by atoms with Crippen LogP contribution in [0.25, 0.3) is 0 Å². The van der Waals surface area contributed by atoms with Crippen LogP contribution < -0.4 is 10.6 Å². The molecule has 0 spiro atoms. The van der Waals surface area contributed by atoms with Crippen molar-refractivity contribution in [3.8, 4) is 0 Å². The predicted molar refractivity (Wildman–Crippen MR) is 66.0 cm³/mol. The van der Waals surface area contributed by atoms with Crippen LogP contribution >= 0.6 is 11.8 Å². The third-order valence-electron chi connectivity index (χ3n) is 3.29. The average molecular weight is 258 g/mol. The van der Waals surface area contributed by atoms with E-state index >= 15 is 0 Å². The fourth-order valence-corrected chi connectivity index (χ4v) is 3.90. The van der Waals surface area contributed by atoms with Gasteiger partial charge in [0.25, 0.3) is 0 Å². The molecule has 2 amide bonds. The molecule has 6 heteroatoms. The van der Waals surface area contributed by atoms with Crippen molar-refractivity contribution in [2.45, 2.75) is 43.0 Å². The Hall–Kier alpha value is -0.910. The number of carbonyl (C=O) groups excluding carboxylic acids is 2. The van der Waals surface area contributed by atoms with E-state index in [4.69, 9.17) is 0 Å². The lowest BCUT2D eigenvalue weighted by Crippen LogP contribution is -2.36. The van der Waals surface area contributed by atoms with E-state index in [1.54, 1.807) is 0 Å². The first-order valence-electron chi connectivity index (χ1n) is 5.96. The molecule has 0 bridgehead atoms. The lowest BCUT2D eigenvalue weighted by molar-refractivity contribution is -0.140. The first-order chi connectivity index (χ1) is 8.20. The van der Waals surface area contributed by atoms with E-state index in [1.165, 1.54) is 7.11 Å². The smallest absolute Gasteiger partial charge is 0.315 e. The highest BCUT2D eigenvalue weighted by molar-refractivity contribution is 8.00. The van der Waals surface area contributed by atoms with Crippen molar-refractivity contribution >= 4 is 23.8 Å². The quantitative estimate of drug-likeness (QED) is 0.436. The Morgan fingerprint density at radius 2 is 2.29 bits per heavy atom. The molecule has 0 aromatic carbocycles. The highest BCUT2D eigenvalue weighted by Gasteiger charge is 2.42. The van der Waals surface area contributed by atoms with Crippen LogP contribution in [-0.4, -0.2) is 42.2 Å². The van der Waals surface area contributed by atoms with E-state index in [-0.39, 0.29) is 24.1 Å². The second kappa shape index (κ2) is 5.62. The van der Waals surface area contributed by atoms with Gasteiger partial charge >= 0.3 is 12.0 Å². The van der Waals surface area contributed by atoms with Crippen LogP contribution in [0.5, 0.6) is 0 Å². The lowest BCUT2D eigenvalue weighted by Gasteiger charge is -2.16. The van der Waals surface area contributed by atoms with E-state index in [0.29, 0.717) is 11.7 Å². The Bertz CT molecular complexity index is 311. The van der Waals surface area contributed by atoms with Gasteiger partial charge in [-0.05, 0) is 12.8 Å². The summed E-state index contributed by atoms with van der Waals surface area (Å²) in [6.45, 7) is 0. The maximum Gasteiger partial charge on any atom is 0.315 e. The van der Waals surface area contributed by atoms with Gasteiger partial charge in [0.2, 0.25) is 0 Å². The molecule has 3 atom stereocenters. The lowest BCUT2D eigenvalue weighted by atomic mass is 10.0. The van der Waals surface area contributed by atoms with Gasteiger partial charge in [0, 0.05) is 17.4 Å². The van der Waals surface area contributed by atoms with E-state index in [1.807, 2.05) is 11.8 Å². The molecule has 96 valence electrons. The molecule has 5 nitrogen and oxygen atoms in total. The molecule has 2 fully saturated rings. The fraction of sp³-hybridized carbons (Fsp3) is 0.818. The zero-order valence-electron chi connectivity index (χ0n) is 9.90. The number of ether oxygens (including phenoxy) is 1. The van der Waals surface area contributed by atoms with Gasteiger partial charge < -0.3 is 15.4 Å². The highest BCUT2D eigenvalue weighted by atomic mass is 32.2. The van der Waals surface area contributed by atoms with E-state index in [0.717, 1.165) is 25.0 Å². The van der Waals surface area contributed by atoms with Crippen LogP contribution in [0.4, 0.5) is 4.79 Å². The zero-order valence-corrected chi connectivity index (χ0v) is 10.7. The summed E-state index contributed by atoms with van der Waals surface area (Å²) in [5, 5.41) is 6.37. The molecule has 2 rings (SSSR count).